The van der Waals surface area contributed by atoms with Crippen LogP contribution in [0.4, 0.5) is 0 Å². The van der Waals surface area contributed by atoms with E-state index in [0.717, 1.165) is 0 Å². The summed E-state index contributed by atoms with van der Waals surface area (Å²) in [6.45, 7) is 19.1. The van der Waals surface area contributed by atoms with E-state index in [9.17, 15) is 0 Å². The summed E-state index contributed by atoms with van der Waals surface area (Å²) in [5, 5.41) is 10.4. The number of hydrogen-bond acceptors (Lipinski definition) is 0. The van der Waals surface area contributed by atoms with Crippen molar-refractivity contribution in [2.45, 2.75) is 71.6 Å². The van der Waals surface area contributed by atoms with Gasteiger partial charge in [-0.15, -0.1) is 0 Å². The standard InChI is InChI=1S/C57H48/c1-55(2,3)37-25-26-41-47(31-37)57(7,8)48-32-38(56(4,5)6)30-46(51(41)48)52-44-28-35-20-13-12-19-34(35)27-43(44)49(33-17-10-9-11-18-33)53-42-24-16-23-40-39-22-15-14-21-36(39)29-45(50(40)42)54(52)53/h9-32H,1-8H3. The van der Waals surface area contributed by atoms with E-state index in [1.165, 1.54) is 121 Å². The molecule has 0 nitrogen and oxygen atoms in total. The van der Waals surface area contributed by atoms with E-state index in [4.69, 9.17) is 0 Å². The monoisotopic (exact) mass is 732 g/mol. The quantitative estimate of drug-likeness (QED) is 0.123. The fraction of sp³-hybridized carbons (Fsp3) is 0.193. The third kappa shape index (κ3) is 4.80. The molecule has 0 heterocycles. The average molecular weight is 733 g/mol. The fourth-order valence-electron chi connectivity index (χ4n) is 10.4. The predicted octanol–water partition coefficient (Wildman–Crippen LogP) is 16.2. The molecule has 9 aromatic carbocycles. The lowest BCUT2D eigenvalue weighted by Crippen LogP contribution is -2.19. The van der Waals surface area contributed by atoms with E-state index < -0.39 is 0 Å². The van der Waals surface area contributed by atoms with Crippen molar-refractivity contribution in [1.82, 2.24) is 0 Å². The van der Waals surface area contributed by atoms with Gasteiger partial charge in [0.15, 0.2) is 0 Å². The Labute approximate surface area is 336 Å². The second-order valence-corrected chi connectivity index (χ2v) is 19.3. The van der Waals surface area contributed by atoms with Crippen LogP contribution in [-0.4, -0.2) is 0 Å². The van der Waals surface area contributed by atoms with Gasteiger partial charge in [0.25, 0.3) is 0 Å². The molecule has 9 aromatic rings. The molecule has 0 atom stereocenters. The first kappa shape index (κ1) is 34.3. The van der Waals surface area contributed by atoms with Gasteiger partial charge >= 0.3 is 0 Å². The van der Waals surface area contributed by atoms with Gasteiger partial charge in [0.2, 0.25) is 0 Å². The first-order valence-electron chi connectivity index (χ1n) is 20.7. The van der Waals surface area contributed by atoms with Crippen LogP contribution in [0.5, 0.6) is 0 Å². The van der Waals surface area contributed by atoms with Crippen molar-refractivity contribution in [3.05, 3.63) is 168 Å². The molecule has 0 bridgehead atoms. The van der Waals surface area contributed by atoms with Crippen LogP contribution in [0.1, 0.15) is 77.6 Å². The number of fused-ring (bicyclic) bond motifs is 10. The van der Waals surface area contributed by atoms with Gasteiger partial charge in [-0.2, -0.15) is 0 Å². The van der Waals surface area contributed by atoms with Crippen molar-refractivity contribution >= 4 is 43.1 Å². The summed E-state index contributed by atoms with van der Waals surface area (Å²) in [5.74, 6) is 0. The van der Waals surface area contributed by atoms with Gasteiger partial charge < -0.3 is 0 Å². The van der Waals surface area contributed by atoms with Crippen molar-refractivity contribution in [2.24, 2.45) is 0 Å². The number of benzene rings is 9. The molecule has 2 aliphatic carbocycles. The summed E-state index contributed by atoms with van der Waals surface area (Å²) in [6, 6.07) is 56.1. The Bertz CT molecular complexity index is 3190. The number of rotatable bonds is 2. The molecule has 57 heavy (non-hydrogen) atoms. The lowest BCUT2D eigenvalue weighted by molar-refractivity contribution is 0.580. The lowest BCUT2D eigenvalue weighted by Gasteiger charge is -2.28. The molecule has 0 unspecified atom stereocenters. The second-order valence-electron chi connectivity index (χ2n) is 19.3. The minimum Gasteiger partial charge on any atom is -0.0622 e. The normalized spacial score (nSPS) is 14.1. The van der Waals surface area contributed by atoms with E-state index in [1.807, 2.05) is 0 Å². The van der Waals surface area contributed by atoms with Gasteiger partial charge in [0, 0.05) is 5.41 Å². The first-order chi connectivity index (χ1) is 27.3. The first-order valence-corrected chi connectivity index (χ1v) is 20.7. The average Bonchev–Trinajstić information content (AvgIpc) is 3.64. The minimum absolute atomic E-state index is 0.0534. The van der Waals surface area contributed by atoms with E-state index in [2.05, 4.69) is 201 Å². The summed E-state index contributed by atoms with van der Waals surface area (Å²) in [4.78, 5) is 0. The summed E-state index contributed by atoms with van der Waals surface area (Å²) in [7, 11) is 0. The lowest BCUT2D eigenvalue weighted by atomic mass is 9.75. The van der Waals surface area contributed by atoms with Gasteiger partial charge in [-0.25, -0.2) is 0 Å². The Morgan fingerprint density at radius 1 is 0.351 bits per heavy atom. The zero-order valence-electron chi connectivity index (χ0n) is 34.4. The predicted molar refractivity (Wildman–Crippen MR) is 247 cm³/mol. The molecule has 276 valence electrons. The van der Waals surface area contributed by atoms with Crippen molar-refractivity contribution in [3.8, 4) is 55.6 Å². The summed E-state index contributed by atoms with van der Waals surface area (Å²) in [6.07, 6.45) is 0. The molecule has 0 amide bonds. The molecule has 0 heteroatoms. The number of hydrogen-bond donors (Lipinski definition) is 0. The third-order valence-electron chi connectivity index (χ3n) is 13.4. The highest BCUT2D eigenvalue weighted by Crippen LogP contribution is 2.62. The Morgan fingerprint density at radius 2 is 0.947 bits per heavy atom. The van der Waals surface area contributed by atoms with Crippen LogP contribution in [0.15, 0.2) is 146 Å². The second kappa shape index (κ2) is 11.5. The Balaban J connectivity index is 1.40. The van der Waals surface area contributed by atoms with Crippen LogP contribution in [0, 0.1) is 0 Å². The Morgan fingerprint density at radius 3 is 1.65 bits per heavy atom. The molecule has 0 fully saturated rings. The molecule has 11 rings (SSSR count). The van der Waals surface area contributed by atoms with Crippen LogP contribution in [0.25, 0.3) is 98.7 Å². The maximum atomic E-state index is 2.58. The summed E-state index contributed by atoms with van der Waals surface area (Å²) in [5.41, 5.74) is 18.9. The highest BCUT2D eigenvalue weighted by molar-refractivity contribution is 6.32. The zero-order chi connectivity index (χ0) is 39.2. The smallest absolute Gasteiger partial charge is 0.0159 e. The van der Waals surface area contributed by atoms with Gasteiger partial charge in [-0.1, -0.05) is 177 Å². The molecule has 0 aromatic heterocycles. The van der Waals surface area contributed by atoms with Crippen molar-refractivity contribution in [1.29, 1.82) is 0 Å². The maximum absolute atomic E-state index is 2.58. The van der Waals surface area contributed by atoms with Crippen LogP contribution >= 0.6 is 0 Å². The topological polar surface area (TPSA) is 0 Å². The zero-order valence-corrected chi connectivity index (χ0v) is 34.4. The van der Waals surface area contributed by atoms with Crippen LogP contribution < -0.4 is 0 Å². The molecule has 2 aliphatic rings. The molecule has 0 N–H and O–H groups in total. The van der Waals surface area contributed by atoms with Crippen LogP contribution in [0.2, 0.25) is 0 Å². The highest BCUT2D eigenvalue weighted by atomic mass is 14.4. The van der Waals surface area contributed by atoms with E-state index in [0.29, 0.717) is 0 Å². The molecular weight excluding hydrogens is 685 g/mol. The summed E-state index contributed by atoms with van der Waals surface area (Å²) >= 11 is 0. The molecule has 0 saturated carbocycles. The SMILES string of the molecule is CC(C)(C)c1ccc2c(c1)C(C)(C)c1cc(C(C)(C)C)cc(-c3c4c(c(-c5ccccc5)c5cc6ccccc6cc35)-c3cccc5c3c-4cc3ccccc35)c1-2. The molecule has 0 radical (unpaired) electrons. The minimum atomic E-state index is -0.170. The highest BCUT2D eigenvalue weighted by Gasteiger charge is 2.41. The van der Waals surface area contributed by atoms with Crippen molar-refractivity contribution in [3.63, 3.8) is 0 Å². The van der Waals surface area contributed by atoms with Gasteiger partial charge in [0.1, 0.15) is 0 Å². The fourth-order valence-corrected chi connectivity index (χ4v) is 10.4. The van der Waals surface area contributed by atoms with Crippen molar-refractivity contribution < 1.29 is 0 Å². The molecule has 0 aliphatic heterocycles. The van der Waals surface area contributed by atoms with Crippen LogP contribution in [0.3, 0.4) is 0 Å². The molecule has 0 saturated heterocycles. The van der Waals surface area contributed by atoms with E-state index in [1.54, 1.807) is 0 Å². The Hall–Kier alpha value is -5.98. The van der Waals surface area contributed by atoms with Gasteiger partial charge in [-0.3, -0.25) is 0 Å². The van der Waals surface area contributed by atoms with E-state index in [-0.39, 0.29) is 16.2 Å². The Kier molecular flexibility index (Phi) is 6.95. The largest absolute Gasteiger partial charge is 0.0622 e. The molecular formula is C57H48. The summed E-state index contributed by atoms with van der Waals surface area (Å²) < 4.78 is 0. The van der Waals surface area contributed by atoms with Crippen LogP contribution in [-0.2, 0) is 16.2 Å². The molecule has 0 spiro atoms. The van der Waals surface area contributed by atoms with Gasteiger partial charge in [-0.05, 0) is 156 Å². The maximum Gasteiger partial charge on any atom is 0.0159 e. The van der Waals surface area contributed by atoms with E-state index >= 15 is 0 Å². The van der Waals surface area contributed by atoms with Gasteiger partial charge in [0.05, 0.1) is 0 Å². The van der Waals surface area contributed by atoms with Crippen molar-refractivity contribution in [2.75, 3.05) is 0 Å². The third-order valence-corrected chi connectivity index (χ3v) is 13.4.